The van der Waals surface area contributed by atoms with E-state index >= 15 is 0 Å². The van der Waals surface area contributed by atoms with Crippen molar-refractivity contribution in [1.29, 1.82) is 0 Å². The predicted octanol–water partition coefficient (Wildman–Crippen LogP) is 3.55. The van der Waals surface area contributed by atoms with Crippen LogP contribution in [-0.4, -0.2) is 12.1 Å². The molecule has 0 saturated heterocycles. The average molecular weight is 275 g/mol. The number of amides is 2. The lowest BCUT2D eigenvalue weighted by atomic mass is 10.0. The first-order chi connectivity index (χ1) is 9.65. The second-order valence-electron chi connectivity index (χ2n) is 5.69. The number of nitrogens with one attached hydrogen (secondary N) is 2. The second-order valence-corrected chi connectivity index (χ2v) is 5.69. The van der Waals surface area contributed by atoms with Gasteiger partial charge in [0.2, 0.25) is 0 Å². The second kappa shape index (κ2) is 7.29. The smallest absolute Gasteiger partial charge is 0.316 e. The predicted molar refractivity (Wildman–Crippen MR) is 82.7 cm³/mol. The number of carbonyl (C=O) groups excluding carboxylic acids is 1. The highest BCUT2D eigenvalue weighted by Crippen LogP contribution is 2.22. The van der Waals surface area contributed by atoms with Crippen molar-refractivity contribution in [2.75, 3.05) is 5.32 Å². The summed E-state index contributed by atoms with van der Waals surface area (Å²) in [5, 5.41) is 6.30. The summed E-state index contributed by atoms with van der Waals surface area (Å²) in [5.74, 6) is 0. The van der Waals surface area contributed by atoms with Crippen LogP contribution in [0.2, 0.25) is 0 Å². The van der Waals surface area contributed by atoms with E-state index in [-0.39, 0.29) is 0 Å². The molecule has 2 amide bonds. The SMILES string of the molecule is CC(NC1CCCCCC1)c1ccc(NC(N)=O)cc1. The summed E-state index contributed by atoms with van der Waals surface area (Å²) < 4.78 is 0. The zero-order valence-electron chi connectivity index (χ0n) is 12.2. The molecule has 0 aliphatic heterocycles. The first-order valence-corrected chi connectivity index (χ1v) is 7.57. The molecule has 20 heavy (non-hydrogen) atoms. The molecular weight excluding hydrogens is 250 g/mol. The van der Waals surface area contributed by atoms with Crippen molar-refractivity contribution in [3.8, 4) is 0 Å². The van der Waals surface area contributed by atoms with E-state index in [9.17, 15) is 4.79 Å². The standard InChI is InChI=1S/C16H25N3O/c1-12(18-14-6-4-2-3-5-7-14)13-8-10-15(11-9-13)19-16(17)20/h8-12,14,18H,2-7H2,1H3,(H3,17,19,20). The summed E-state index contributed by atoms with van der Waals surface area (Å²) in [4.78, 5) is 10.8. The Kier molecular flexibility index (Phi) is 5.41. The van der Waals surface area contributed by atoms with Gasteiger partial charge in [-0.15, -0.1) is 0 Å². The summed E-state index contributed by atoms with van der Waals surface area (Å²) in [5.41, 5.74) is 7.08. The van der Waals surface area contributed by atoms with Crippen molar-refractivity contribution in [3.05, 3.63) is 29.8 Å². The molecule has 1 aromatic rings. The van der Waals surface area contributed by atoms with Crippen molar-refractivity contribution in [1.82, 2.24) is 5.32 Å². The van der Waals surface area contributed by atoms with Gasteiger partial charge in [-0.25, -0.2) is 4.79 Å². The van der Waals surface area contributed by atoms with Crippen molar-refractivity contribution in [2.24, 2.45) is 5.73 Å². The van der Waals surface area contributed by atoms with Gasteiger partial charge in [0.15, 0.2) is 0 Å². The molecule has 4 N–H and O–H groups in total. The molecule has 0 radical (unpaired) electrons. The fraction of sp³-hybridized carbons (Fsp3) is 0.562. The molecular formula is C16H25N3O. The molecule has 110 valence electrons. The van der Waals surface area contributed by atoms with Crippen LogP contribution in [0.4, 0.5) is 10.5 Å². The number of hydrogen-bond acceptors (Lipinski definition) is 2. The van der Waals surface area contributed by atoms with Crippen molar-refractivity contribution in [3.63, 3.8) is 0 Å². The zero-order valence-corrected chi connectivity index (χ0v) is 12.2. The summed E-state index contributed by atoms with van der Waals surface area (Å²) in [6.07, 6.45) is 8.00. The van der Waals surface area contributed by atoms with Gasteiger partial charge in [-0.3, -0.25) is 0 Å². The first-order valence-electron chi connectivity index (χ1n) is 7.57. The Bertz CT molecular complexity index is 422. The normalized spacial score (nSPS) is 18.2. The Hall–Kier alpha value is -1.55. The lowest BCUT2D eigenvalue weighted by Crippen LogP contribution is -2.31. The number of carbonyl (C=O) groups is 1. The lowest BCUT2D eigenvalue weighted by molar-refractivity contribution is 0.259. The zero-order chi connectivity index (χ0) is 14.4. The van der Waals surface area contributed by atoms with Crippen LogP contribution in [0, 0.1) is 0 Å². The van der Waals surface area contributed by atoms with Gasteiger partial charge < -0.3 is 16.4 Å². The molecule has 4 heteroatoms. The molecule has 1 aromatic carbocycles. The highest BCUT2D eigenvalue weighted by atomic mass is 16.2. The maximum Gasteiger partial charge on any atom is 0.316 e. The molecule has 0 aromatic heterocycles. The number of hydrogen-bond donors (Lipinski definition) is 3. The summed E-state index contributed by atoms with van der Waals surface area (Å²) in [6.45, 7) is 2.20. The molecule has 1 unspecified atom stereocenters. The summed E-state index contributed by atoms with van der Waals surface area (Å²) in [7, 11) is 0. The van der Waals surface area contributed by atoms with Crippen LogP contribution in [-0.2, 0) is 0 Å². The highest BCUT2D eigenvalue weighted by Gasteiger charge is 2.15. The van der Waals surface area contributed by atoms with E-state index in [1.807, 2.05) is 24.3 Å². The number of anilines is 1. The molecule has 1 saturated carbocycles. The number of primary amides is 1. The third-order valence-electron chi connectivity index (χ3n) is 4.02. The van der Waals surface area contributed by atoms with Crippen molar-refractivity contribution in [2.45, 2.75) is 57.5 Å². The Labute approximate surface area is 121 Å². The van der Waals surface area contributed by atoms with Crippen LogP contribution in [0.5, 0.6) is 0 Å². The van der Waals surface area contributed by atoms with E-state index < -0.39 is 6.03 Å². The fourth-order valence-electron chi connectivity index (χ4n) is 2.89. The first kappa shape index (κ1) is 14.9. The maximum atomic E-state index is 10.8. The third kappa shape index (κ3) is 4.53. The molecule has 1 atom stereocenters. The lowest BCUT2D eigenvalue weighted by Gasteiger charge is -2.22. The minimum Gasteiger partial charge on any atom is -0.351 e. The van der Waals surface area contributed by atoms with Gasteiger partial charge in [0.25, 0.3) is 0 Å². The van der Waals surface area contributed by atoms with Crippen LogP contribution >= 0.6 is 0 Å². The van der Waals surface area contributed by atoms with E-state index in [0.717, 1.165) is 5.69 Å². The number of benzene rings is 1. The number of rotatable bonds is 4. The van der Waals surface area contributed by atoms with E-state index in [0.29, 0.717) is 12.1 Å². The van der Waals surface area contributed by atoms with Crippen molar-refractivity contribution < 1.29 is 4.79 Å². The Morgan fingerprint density at radius 3 is 2.30 bits per heavy atom. The highest BCUT2D eigenvalue weighted by molar-refractivity contribution is 5.87. The molecule has 1 aliphatic rings. The number of urea groups is 1. The molecule has 1 fully saturated rings. The average Bonchev–Trinajstić information content (AvgIpc) is 2.67. The van der Waals surface area contributed by atoms with E-state index in [1.165, 1.54) is 44.1 Å². The number of nitrogens with two attached hydrogens (primary N) is 1. The fourth-order valence-corrected chi connectivity index (χ4v) is 2.89. The molecule has 1 aliphatic carbocycles. The van der Waals surface area contributed by atoms with Crippen LogP contribution in [0.1, 0.15) is 57.1 Å². The Morgan fingerprint density at radius 2 is 1.75 bits per heavy atom. The summed E-state index contributed by atoms with van der Waals surface area (Å²) >= 11 is 0. The van der Waals surface area contributed by atoms with Crippen molar-refractivity contribution >= 4 is 11.7 Å². The maximum absolute atomic E-state index is 10.8. The van der Waals surface area contributed by atoms with Gasteiger partial charge >= 0.3 is 6.03 Å². The summed E-state index contributed by atoms with van der Waals surface area (Å²) in [6, 6.07) is 8.31. The van der Waals surface area contributed by atoms with Crippen LogP contribution in [0.25, 0.3) is 0 Å². The van der Waals surface area contributed by atoms with E-state index in [1.54, 1.807) is 0 Å². The molecule has 0 spiro atoms. The van der Waals surface area contributed by atoms with Crippen LogP contribution in [0.3, 0.4) is 0 Å². The van der Waals surface area contributed by atoms with Crippen LogP contribution < -0.4 is 16.4 Å². The Morgan fingerprint density at radius 1 is 1.15 bits per heavy atom. The van der Waals surface area contributed by atoms with E-state index in [2.05, 4.69) is 17.6 Å². The largest absolute Gasteiger partial charge is 0.351 e. The minimum absolute atomic E-state index is 0.334. The monoisotopic (exact) mass is 275 g/mol. The van der Waals surface area contributed by atoms with E-state index in [4.69, 9.17) is 5.73 Å². The van der Waals surface area contributed by atoms with Gasteiger partial charge in [0.05, 0.1) is 0 Å². The topological polar surface area (TPSA) is 67.2 Å². The van der Waals surface area contributed by atoms with Gasteiger partial charge in [-0.2, -0.15) is 0 Å². The molecule has 4 nitrogen and oxygen atoms in total. The van der Waals surface area contributed by atoms with Gasteiger partial charge in [-0.1, -0.05) is 37.8 Å². The van der Waals surface area contributed by atoms with Gasteiger partial charge in [0, 0.05) is 17.8 Å². The quantitative estimate of drug-likeness (QED) is 0.736. The molecule has 0 bridgehead atoms. The third-order valence-corrected chi connectivity index (χ3v) is 4.02. The molecule has 2 rings (SSSR count). The molecule has 0 heterocycles. The van der Waals surface area contributed by atoms with Gasteiger partial charge in [0.1, 0.15) is 0 Å². The van der Waals surface area contributed by atoms with Crippen LogP contribution in [0.15, 0.2) is 24.3 Å². The Balaban J connectivity index is 1.90. The minimum atomic E-state index is -0.526. The van der Waals surface area contributed by atoms with Gasteiger partial charge in [-0.05, 0) is 37.5 Å².